The smallest absolute Gasteiger partial charge is 0.407 e. The maximum Gasteiger partial charge on any atom is 0.407 e. The fraction of sp³-hybridized carbons (Fsp3) is 0.457. The van der Waals surface area contributed by atoms with E-state index in [0.29, 0.717) is 23.8 Å². The molecule has 0 fully saturated rings. The quantitative estimate of drug-likeness (QED) is 0.0964. The molecule has 5 rings (SSSR count). The normalized spacial score (nSPS) is 14.8. The number of likely N-dealkylation sites (N-methyl/N-ethyl adjacent to an activating group) is 1. The summed E-state index contributed by atoms with van der Waals surface area (Å²) in [5.41, 5.74) is 5.87. The predicted octanol–water partition coefficient (Wildman–Crippen LogP) is 8.96. The number of nitrogens with zero attached hydrogens (tertiary/aromatic N) is 2. The van der Waals surface area contributed by atoms with Crippen LogP contribution in [-0.4, -0.2) is 65.5 Å². The number of carbonyl (C=O) groups is 4. The molecule has 1 unspecified atom stereocenters. The summed E-state index contributed by atoms with van der Waals surface area (Å²) < 4.78 is 11.7. The largest absolute Gasteiger partial charge is 0.455 e. The monoisotopic (exact) mass is 794 g/mol. The Balaban J connectivity index is 1.27. The van der Waals surface area contributed by atoms with Crippen molar-refractivity contribution in [2.45, 2.75) is 104 Å². The lowest BCUT2D eigenvalue weighted by Gasteiger charge is -2.36. The third kappa shape index (κ3) is 11.1. The van der Waals surface area contributed by atoms with Crippen LogP contribution in [0.25, 0.3) is 11.1 Å². The lowest BCUT2D eigenvalue weighted by atomic mass is 9.93. The Morgan fingerprint density at radius 3 is 2.04 bits per heavy atom. The Labute approximate surface area is 341 Å². The molecule has 1 heterocycles. The number of esters is 1. The van der Waals surface area contributed by atoms with Crippen molar-refractivity contribution < 1.29 is 28.7 Å². The van der Waals surface area contributed by atoms with Crippen LogP contribution in [0.2, 0.25) is 0 Å². The highest BCUT2D eigenvalue weighted by Crippen LogP contribution is 2.44. The summed E-state index contributed by atoms with van der Waals surface area (Å²) in [7, 11) is 1.72. The van der Waals surface area contributed by atoms with Crippen molar-refractivity contribution in [2.75, 3.05) is 13.7 Å². The van der Waals surface area contributed by atoms with Crippen molar-refractivity contribution in [3.63, 3.8) is 0 Å². The Morgan fingerprint density at radius 2 is 1.46 bits per heavy atom. The topological polar surface area (TPSA) is 127 Å². The summed E-state index contributed by atoms with van der Waals surface area (Å²) in [6, 6.07) is 25.0. The molecule has 3 amide bonds. The van der Waals surface area contributed by atoms with Crippen molar-refractivity contribution in [2.24, 2.45) is 17.8 Å². The Hall–Kier alpha value is -5.03. The van der Waals surface area contributed by atoms with Crippen LogP contribution in [0.1, 0.15) is 112 Å². The second-order valence-corrected chi connectivity index (χ2v) is 16.9. The fourth-order valence-corrected chi connectivity index (χ4v) is 8.63. The first-order chi connectivity index (χ1) is 27.3. The molecule has 1 aliphatic rings. The second-order valence-electron chi connectivity index (χ2n) is 16.0. The Morgan fingerprint density at radius 1 is 0.842 bits per heavy atom. The number of carbonyl (C=O) groups excluding carboxylic acids is 4. The molecule has 11 heteroatoms. The minimum absolute atomic E-state index is 0.0541. The molecule has 57 heavy (non-hydrogen) atoms. The van der Waals surface area contributed by atoms with Crippen LogP contribution in [0.5, 0.6) is 0 Å². The average molecular weight is 795 g/mol. The van der Waals surface area contributed by atoms with Gasteiger partial charge in [-0.15, -0.1) is 11.3 Å². The van der Waals surface area contributed by atoms with E-state index in [2.05, 4.69) is 65.9 Å². The molecule has 0 spiro atoms. The minimum Gasteiger partial charge on any atom is -0.455 e. The zero-order valence-electron chi connectivity index (χ0n) is 34.5. The van der Waals surface area contributed by atoms with Crippen LogP contribution < -0.4 is 10.6 Å². The molecule has 3 aromatic carbocycles. The van der Waals surface area contributed by atoms with E-state index < -0.39 is 30.3 Å². The molecular weight excluding hydrogens is 737 g/mol. The molecule has 10 nitrogen and oxygen atoms in total. The van der Waals surface area contributed by atoms with Crippen LogP contribution in [0.15, 0.2) is 84.2 Å². The standard InChI is InChI=1S/C46H58N4O6S/c1-9-30(6)42(49-46(54)55-26-38-36-21-15-13-19-34(36)35-20-14-16-22-37(35)38)45(53)50(8)40(29(4)5)25-41(56-31(7)51)44-48-39(27-57-44)43(52)47-33(23-28(2)3)24-32-17-11-10-12-18-32/h10-22,27-30,33,38,40-42H,9,23-26H2,1-8H3,(H,47,52)(H,49,54)/t30?,33-,40-,41-,42+/m1/s1. The number of rotatable bonds is 18. The number of alkyl carbamates (subject to hydrolysis) is 1. The van der Waals surface area contributed by atoms with Gasteiger partial charge in [-0.2, -0.15) is 0 Å². The van der Waals surface area contributed by atoms with Crippen molar-refractivity contribution >= 4 is 35.2 Å². The van der Waals surface area contributed by atoms with Gasteiger partial charge in [0.2, 0.25) is 5.91 Å². The van der Waals surface area contributed by atoms with Crippen molar-refractivity contribution in [1.82, 2.24) is 20.5 Å². The van der Waals surface area contributed by atoms with E-state index in [0.717, 1.165) is 34.2 Å². The predicted molar refractivity (Wildman–Crippen MR) is 225 cm³/mol. The van der Waals surface area contributed by atoms with Crippen LogP contribution in [0.4, 0.5) is 4.79 Å². The van der Waals surface area contributed by atoms with Crippen molar-refractivity contribution in [3.8, 4) is 11.1 Å². The summed E-state index contributed by atoms with van der Waals surface area (Å²) in [6.07, 6.45) is 0.931. The van der Waals surface area contributed by atoms with Crippen molar-refractivity contribution in [1.29, 1.82) is 0 Å². The molecule has 0 aliphatic heterocycles. The van der Waals surface area contributed by atoms with E-state index >= 15 is 0 Å². The first-order valence-corrected chi connectivity index (χ1v) is 21.0. The van der Waals surface area contributed by atoms with Gasteiger partial charge < -0.3 is 25.0 Å². The maximum absolute atomic E-state index is 14.3. The van der Waals surface area contributed by atoms with Crippen LogP contribution in [-0.2, 0) is 25.5 Å². The third-order valence-electron chi connectivity index (χ3n) is 10.9. The maximum atomic E-state index is 14.3. The zero-order valence-corrected chi connectivity index (χ0v) is 35.3. The first kappa shape index (κ1) is 43.1. The van der Waals surface area contributed by atoms with E-state index in [1.54, 1.807) is 17.3 Å². The van der Waals surface area contributed by atoms with E-state index in [9.17, 15) is 19.2 Å². The molecule has 1 aromatic heterocycles. The highest BCUT2D eigenvalue weighted by atomic mass is 32.1. The summed E-state index contributed by atoms with van der Waals surface area (Å²) in [5, 5.41) is 8.23. The van der Waals surface area contributed by atoms with Crippen LogP contribution in [0.3, 0.4) is 0 Å². The third-order valence-corrected chi connectivity index (χ3v) is 11.9. The highest BCUT2D eigenvalue weighted by molar-refractivity contribution is 7.09. The molecular formula is C46H58N4O6S. The lowest BCUT2D eigenvalue weighted by Crippen LogP contribution is -2.54. The number of hydrogen-bond donors (Lipinski definition) is 2. The Kier molecular flexibility index (Phi) is 15.0. The average Bonchev–Trinajstić information content (AvgIpc) is 3.81. The van der Waals surface area contributed by atoms with Crippen LogP contribution >= 0.6 is 11.3 Å². The SMILES string of the molecule is CCC(C)[C@H](NC(=O)OCC1c2ccccc2-c2ccccc21)C(=O)N(C)[C@H](C[C@@H](OC(C)=O)c1nc(C(=O)N[C@@H](Cc2ccccc2)CC(C)C)cs1)C(C)C. The molecule has 0 saturated heterocycles. The molecule has 2 N–H and O–H groups in total. The molecule has 1 aliphatic carbocycles. The first-order valence-electron chi connectivity index (χ1n) is 20.1. The number of amides is 3. The summed E-state index contributed by atoms with van der Waals surface area (Å²) >= 11 is 1.25. The van der Waals surface area contributed by atoms with Gasteiger partial charge in [-0.1, -0.05) is 127 Å². The van der Waals surface area contributed by atoms with E-state index in [1.165, 1.54) is 18.3 Å². The summed E-state index contributed by atoms with van der Waals surface area (Å²) in [4.78, 5) is 60.0. The van der Waals surface area contributed by atoms with Gasteiger partial charge >= 0.3 is 12.1 Å². The molecule has 0 radical (unpaired) electrons. The van der Waals surface area contributed by atoms with Gasteiger partial charge in [-0.3, -0.25) is 14.4 Å². The molecule has 4 aromatic rings. The number of fused-ring (bicyclic) bond motifs is 3. The second kappa shape index (κ2) is 19.9. The lowest BCUT2D eigenvalue weighted by molar-refractivity contribution is -0.148. The fourth-order valence-electron chi connectivity index (χ4n) is 7.79. The number of aromatic nitrogens is 1. The Bertz CT molecular complexity index is 1930. The molecule has 304 valence electrons. The number of nitrogens with one attached hydrogen (secondary N) is 2. The van der Waals surface area contributed by atoms with Gasteiger partial charge in [-0.25, -0.2) is 9.78 Å². The van der Waals surface area contributed by atoms with Gasteiger partial charge in [0.1, 0.15) is 23.4 Å². The van der Waals surface area contributed by atoms with Crippen LogP contribution in [0, 0.1) is 17.8 Å². The highest BCUT2D eigenvalue weighted by Gasteiger charge is 2.36. The zero-order chi connectivity index (χ0) is 41.2. The van der Waals surface area contributed by atoms with Crippen molar-refractivity contribution in [3.05, 3.63) is 112 Å². The van der Waals surface area contributed by atoms with Gasteiger partial charge in [0.05, 0.1) is 0 Å². The number of hydrogen-bond acceptors (Lipinski definition) is 8. The minimum atomic E-state index is -0.853. The molecule has 5 atom stereocenters. The van der Waals surface area contributed by atoms with Gasteiger partial charge in [0, 0.05) is 43.8 Å². The van der Waals surface area contributed by atoms with E-state index in [4.69, 9.17) is 9.47 Å². The molecule has 0 bridgehead atoms. The summed E-state index contributed by atoms with van der Waals surface area (Å²) in [5.74, 6) is -1.04. The van der Waals surface area contributed by atoms with Gasteiger partial charge in [0.15, 0.2) is 6.10 Å². The number of ether oxygens (including phenoxy) is 2. The van der Waals surface area contributed by atoms with E-state index in [1.807, 2.05) is 70.2 Å². The van der Waals surface area contributed by atoms with Gasteiger partial charge in [-0.05, 0) is 58.4 Å². The number of benzene rings is 3. The molecule has 0 saturated carbocycles. The van der Waals surface area contributed by atoms with E-state index in [-0.39, 0.29) is 54.3 Å². The van der Waals surface area contributed by atoms with Gasteiger partial charge in [0.25, 0.3) is 5.91 Å². The summed E-state index contributed by atoms with van der Waals surface area (Å²) in [6.45, 7) is 13.6. The number of thiazole rings is 1.